The number of hydrogen-bond acceptors (Lipinski definition) is 2. The molecule has 0 saturated heterocycles. The average Bonchev–Trinajstić information content (AvgIpc) is 2.36. The second-order valence-corrected chi connectivity index (χ2v) is 3.78. The molecule has 0 aliphatic carbocycles. The number of nitrogens with one attached hydrogen (secondary N) is 2. The fourth-order valence-electron chi connectivity index (χ4n) is 1.37. The molecule has 1 aromatic carbocycles. The number of alkyl halides is 3. The molecule has 0 aliphatic heterocycles. The van der Waals surface area contributed by atoms with Crippen molar-refractivity contribution >= 4 is 5.91 Å². The maximum Gasteiger partial charge on any atom is 0.416 e. The molecule has 3 nitrogen and oxygen atoms in total. The van der Waals surface area contributed by atoms with Crippen LogP contribution in [0.2, 0.25) is 0 Å². The Bertz CT molecular complexity index is 478. The highest BCUT2D eigenvalue weighted by molar-refractivity contribution is 5.78. The molecule has 0 unspecified atom stereocenters. The van der Waals surface area contributed by atoms with Crippen LogP contribution >= 0.6 is 0 Å². The van der Waals surface area contributed by atoms with Crippen molar-refractivity contribution < 1.29 is 18.0 Å². The predicted octanol–water partition coefficient (Wildman–Crippen LogP) is 1.54. The Hall–Kier alpha value is -2.00. The van der Waals surface area contributed by atoms with Crippen molar-refractivity contribution in [3.63, 3.8) is 0 Å². The zero-order valence-corrected chi connectivity index (χ0v) is 10.1. The molecule has 102 valence electrons. The summed E-state index contributed by atoms with van der Waals surface area (Å²) in [4.78, 5) is 11.3. The Morgan fingerprint density at radius 2 is 2.11 bits per heavy atom. The van der Waals surface area contributed by atoms with E-state index in [4.69, 9.17) is 6.42 Å². The van der Waals surface area contributed by atoms with Gasteiger partial charge in [-0.25, -0.2) is 0 Å². The monoisotopic (exact) mass is 270 g/mol. The third-order valence-corrected chi connectivity index (χ3v) is 2.26. The summed E-state index contributed by atoms with van der Waals surface area (Å²) in [6.45, 7) is 0.334. The Kier molecular flexibility index (Phi) is 5.39. The summed E-state index contributed by atoms with van der Waals surface area (Å²) in [6.07, 6.45) is 0.606. The van der Waals surface area contributed by atoms with Crippen molar-refractivity contribution in [2.24, 2.45) is 0 Å². The van der Waals surface area contributed by atoms with Gasteiger partial charge in [0.15, 0.2) is 0 Å². The predicted molar refractivity (Wildman–Crippen MR) is 65.0 cm³/mol. The quantitative estimate of drug-likeness (QED) is 0.629. The molecule has 1 amide bonds. The van der Waals surface area contributed by atoms with Gasteiger partial charge in [-0.1, -0.05) is 18.1 Å². The molecular weight excluding hydrogens is 257 g/mol. The maximum absolute atomic E-state index is 12.5. The van der Waals surface area contributed by atoms with E-state index < -0.39 is 11.7 Å². The molecule has 0 spiro atoms. The highest BCUT2D eigenvalue weighted by Crippen LogP contribution is 2.29. The lowest BCUT2D eigenvalue weighted by molar-refractivity contribution is -0.137. The number of benzene rings is 1. The van der Waals surface area contributed by atoms with Crippen molar-refractivity contribution in [1.82, 2.24) is 10.6 Å². The third kappa shape index (κ3) is 5.44. The van der Waals surface area contributed by atoms with Gasteiger partial charge in [-0.3, -0.25) is 10.1 Å². The number of carbonyl (C=O) groups excluding carboxylic acids is 1. The van der Waals surface area contributed by atoms with Crippen LogP contribution in [0, 0.1) is 12.3 Å². The van der Waals surface area contributed by atoms with E-state index >= 15 is 0 Å². The lowest BCUT2D eigenvalue weighted by Gasteiger charge is -2.09. The number of halogens is 3. The van der Waals surface area contributed by atoms with E-state index in [-0.39, 0.29) is 25.5 Å². The van der Waals surface area contributed by atoms with Crippen LogP contribution in [0.4, 0.5) is 13.2 Å². The molecule has 0 radical (unpaired) electrons. The van der Waals surface area contributed by atoms with Gasteiger partial charge in [-0.15, -0.1) is 6.42 Å². The van der Waals surface area contributed by atoms with E-state index in [1.54, 1.807) is 0 Å². The molecule has 0 aliphatic rings. The zero-order chi connectivity index (χ0) is 14.3. The molecule has 6 heteroatoms. The summed E-state index contributed by atoms with van der Waals surface area (Å²) in [6, 6.07) is 4.82. The van der Waals surface area contributed by atoms with Crippen molar-refractivity contribution in [2.75, 3.05) is 13.1 Å². The van der Waals surface area contributed by atoms with Gasteiger partial charge < -0.3 is 5.32 Å². The SMILES string of the molecule is C#CCNCC(=O)NCc1cccc(C(F)(F)F)c1. The van der Waals surface area contributed by atoms with Crippen LogP contribution in [0.5, 0.6) is 0 Å². The first kappa shape index (κ1) is 15.1. The largest absolute Gasteiger partial charge is 0.416 e. The van der Waals surface area contributed by atoms with E-state index in [2.05, 4.69) is 16.6 Å². The summed E-state index contributed by atoms with van der Waals surface area (Å²) < 4.78 is 37.4. The Labute approximate surface area is 109 Å². The topological polar surface area (TPSA) is 41.1 Å². The van der Waals surface area contributed by atoms with Crippen molar-refractivity contribution in [2.45, 2.75) is 12.7 Å². The molecule has 0 saturated carbocycles. The van der Waals surface area contributed by atoms with Gasteiger partial charge in [0.25, 0.3) is 0 Å². The van der Waals surface area contributed by atoms with Crippen molar-refractivity contribution in [3.05, 3.63) is 35.4 Å². The van der Waals surface area contributed by atoms with Gasteiger partial charge in [0.2, 0.25) is 5.91 Å². The van der Waals surface area contributed by atoms with E-state index in [1.165, 1.54) is 12.1 Å². The second kappa shape index (κ2) is 6.81. The highest BCUT2D eigenvalue weighted by Gasteiger charge is 2.30. The molecule has 0 aromatic heterocycles. The van der Waals surface area contributed by atoms with Crippen molar-refractivity contribution in [1.29, 1.82) is 0 Å². The minimum atomic E-state index is -4.38. The van der Waals surface area contributed by atoms with E-state index in [1.807, 2.05) is 0 Å². The van der Waals surface area contributed by atoms with Gasteiger partial charge >= 0.3 is 6.18 Å². The van der Waals surface area contributed by atoms with Crippen LogP contribution < -0.4 is 10.6 Å². The summed E-state index contributed by atoms with van der Waals surface area (Å²) in [5, 5.41) is 5.18. The number of hydrogen-bond donors (Lipinski definition) is 2. The fraction of sp³-hybridized carbons (Fsp3) is 0.308. The van der Waals surface area contributed by atoms with Crippen LogP contribution in [0.1, 0.15) is 11.1 Å². The molecular formula is C13H13F3N2O. The maximum atomic E-state index is 12.5. The van der Waals surface area contributed by atoms with Crippen LogP contribution in [0.3, 0.4) is 0 Å². The number of terminal acetylenes is 1. The molecule has 2 N–H and O–H groups in total. The minimum absolute atomic E-state index is 0.0309. The molecule has 0 heterocycles. The van der Waals surface area contributed by atoms with Crippen LogP contribution in [0.15, 0.2) is 24.3 Å². The molecule has 0 atom stereocenters. The van der Waals surface area contributed by atoms with E-state index in [0.29, 0.717) is 5.56 Å². The highest BCUT2D eigenvalue weighted by atomic mass is 19.4. The summed E-state index contributed by atoms with van der Waals surface area (Å²) in [5.41, 5.74) is -0.343. The van der Waals surface area contributed by atoms with Gasteiger partial charge in [-0.05, 0) is 17.7 Å². The number of carbonyl (C=O) groups is 1. The Morgan fingerprint density at radius 3 is 2.74 bits per heavy atom. The fourth-order valence-corrected chi connectivity index (χ4v) is 1.37. The molecule has 1 rings (SSSR count). The Balaban J connectivity index is 2.50. The first-order valence-corrected chi connectivity index (χ1v) is 5.50. The van der Waals surface area contributed by atoms with Crippen LogP contribution in [-0.4, -0.2) is 19.0 Å². The standard InChI is InChI=1S/C13H13F3N2O/c1-2-6-17-9-12(19)18-8-10-4-3-5-11(7-10)13(14,15)16/h1,3-5,7,17H,6,8-9H2,(H,18,19). The van der Waals surface area contributed by atoms with Gasteiger partial charge in [0, 0.05) is 6.54 Å². The second-order valence-electron chi connectivity index (χ2n) is 3.78. The molecule has 1 aromatic rings. The van der Waals surface area contributed by atoms with E-state index in [9.17, 15) is 18.0 Å². The smallest absolute Gasteiger partial charge is 0.351 e. The molecule has 0 fully saturated rings. The van der Waals surface area contributed by atoms with Crippen LogP contribution in [0.25, 0.3) is 0 Å². The average molecular weight is 270 g/mol. The van der Waals surface area contributed by atoms with Crippen LogP contribution in [-0.2, 0) is 17.5 Å². The third-order valence-electron chi connectivity index (χ3n) is 2.26. The Morgan fingerprint density at radius 1 is 1.37 bits per heavy atom. The first-order valence-electron chi connectivity index (χ1n) is 5.50. The summed E-state index contributed by atoms with van der Waals surface area (Å²) in [7, 11) is 0. The van der Waals surface area contributed by atoms with Gasteiger partial charge in [0.05, 0.1) is 18.7 Å². The van der Waals surface area contributed by atoms with Crippen molar-refractivity contribution in [3.8, 4) is 12.3 Å². The molecule has 0 bridgehead atoms. The lowest BCUT2D eigenvalue weighted by atomic mass is 10.1. The number of amides is 1. The van der Waals surface area contributed by atoms with E-state index in [0.717, 1.165) is 12.1 Å². The van der Waals surface area contributed by atoms with Gasteiger partial charge in [-0.2, -0.15) is 13.2 Å². The zero-order valence-electron chi connectivity index (χ0n) is 10.1. The number of rotatable bonds is 5. The molecule has 19 heavy (non-hydrogen) atoms. The summed E-state index contributed by atoms with van der Waals surface area (Å²) in [5.74, 6) is 1.98. The van der Waals surface area contributed by atoms with Gasteiger partial charge in [0.1, 0.15) is 0 Å². The minimum Gasteiger partial charge on any atom is -0.351 e. The first-order chi connectivity index (χ1) is 8.93. The summed E-state index contributed by atoms with van der Waals surface area (Å²) >= 11 is 0. The lowest BCUT2D eigenvalue weighted by Crippen LogP contribution is -2.33. The normalized spacial score (nSPS) is 10.8.